The first-order valence-electron chi connectivity index (χ1n) is 39.6. The Bertz CT molecular complexity index is 6810. The second kappa shape index (κ2) is 36.3. The van der Waals surface area contributed by atoms with Gasteiger partial charge in [0, 0.05) is 91.4 Å². The van der Waals surface area contributed by atoms with Crippen molar-refractivity contribution in [2.24, 2.45) is 0 Å². The maximum Gasteiger partial charge on any atom is 0.172 e. The molecule has 10 aromatic heterocycles. The summed E-state index contributed by atoms with van der Waals surface area (Å²) in [7, 11) is 0. The van der Waals surface area contributed by atoms with Gasteiger partial charge >= 0.3 is 0 Å². The summed E-state index contributed by atoms with van der Waals surface area (Å²) in [6.45, 7) is 20.7. The van der Waals surface area contributed by atoms with Crippen molar-refractivity contribution >= 4 is 185 Å². The van der Waals surface area contributed by atoms with Crippen molar-refractivity contribution in [2.45, 2.75) is 75.8 Å². The molecule has 18 heteroatoms. The number of imidazole rings is 1. The van der Waals surface area contributed by atoms with Crippen LogP contribution < -0.4 is 0 Å². The molecular formula is C100H84N16O2. The van der Waals surface area contributed by atoms with Gasteiger partial charge in [0.1, 0.15) is 58.3 Å². The van der Waals surface area contributed by atoms with E-state index in [1.165, 1.54) is 98.8 Å². The highest BCUT2D eigenvalue weighted by atomic mass is 16.3. The van der Waals surface area contributed by atoms with E-state index in [2.05, 4.69) is 259 Å². The van der Waals surface area contributed by atoms with Crippen LogP contribution in [-0.4, -0.2) is 79.3 Å². The third kappa shape index (κ3) is 15.7. The van der Waals surface area contributed by atoms with Crippen molar-refractivity contribution in [1.29, 1.82) is 0 Å². The highest BCUT2D eigenvalue weighted by molar-refractivity contribution is 6.27. The minimum Gasteiger partial charge on any atom is -0.453 e. The molecule has 576 valence electrons. The first-order chi connectivity index (χ1) is 58.3. The Kier molecular flexibility index (Phi) is 24.0. The summed E-state index contributed by atoms with van der Waals surface area (Å²) in [6.07, 6.45) is 20.8. The number of aromatic nitrogens is 16. The number of hydrogen-bond acceptors (Lipinski definition) is 17. The Morgan fingerprint density at radius 2 is 0.585 bits per heavy atom. The summed E-state index contributed by atoms with van der Waals surface area (Å²) >= 11 is 0. The number of rotatable bonds is 1. The zero-order valence-corrected chi connectivity index (χ0v) is 67.2. The summed E-state index contributed by atoms with van der Waals surface area (Å²) < 4.78 is 13.1. The molecule has 0 aliphatic carbocycles. The van der Waals surface area contributed by atoms with Crippen LogP contribution >= 0.6 is 0 Å². The van der Waals surface area contributed by atoms with Gasteiger partial charge in [-0.05, 0) is 106 Å². The third-order valence-electron chi connectivity index (χ3n) is 19.8. The number of furan rings is 2. The topological polar surface area (TPSA) is 225 Å². The van der Waals surface area contributed by atoms with Crippen LogP contribution in [0.2, 0.25) is 0 Å². The minimum atomic E-state index is 0.740. The molecule has 0 radical (unpaired) electrons. The molecule has 24 rings (SSSR count). The molecule has 18 nitrogen and oxygen atoms in total. The summed E-state index contributed by atoms with van der Waals surface area (Å²) in [6, 6.07) is 83.0. The predicted octanol–water partition coefficient (Wildman–Crippen LogP) is 25.3. The number of para-hydroxylation sites is 2. The fourth-order valence-electron chi connectivity index (χ4n) is 14.8. The van der Waals surface area contributed by atoms with Gasteiger partial charge in [0.15, 0.2) is 16.8 Å². The molecule has 0 aliphatic heterocycles. The molecule has 0 bridgehead atoms. The first kappa shape index (κ1) is 78.1. The standard InChI is InChI=1S/2C17H12N2.2C16H10N2.C11H8N2O.C10H6N2O.C7H8N4.3C2H6/c1-11-10-18-16-14-8-4-2-6-12(14)13-7-3-5-9-15(13)17(16)19-11;1-11-18-10-16-14-8-3-2-6-12(14)13-7-4-5-9-15(13)17(16)19-11;1-3-7-13-11(5-1)12-6-2-4-8-14(12)16-15(13)17-9-10-18-16;1-2-7-13-11(5-1)12-6-3-4-8-14(12)16-15(13)9-17-10-18-16;1-7-12-6-10-11(13-7)8-4-2-3-5-9(8)14-10;1-2-4-8-7(3-1)10-9(13-8)5-11-6-12-10;1-2-11-5-10-6-3-8-4-9-7(6)11;3*1-2/h2*2-10H,1H3;2*1-10H;2-6H,1H3;1-6H;3-5H,2H2,1H3;3*1-2H3. The van der Waals surface area contributed by atoms with Crippen LogP contribution in [0, 0.1) is 20.8 Å². The van der Waals surface area contributed by atoms with Crippen LogP contribution in [0.25, 0.3) is 185 Å². The lowest BCUT2D eigenvalue weighted by Crippen LogP contribution is -1.92. The zero-order chi connectivity index (χ0) is 81.4. The van der Waals surface area contributed by atoms with Crippen molar-refractivity contribution in [3.8, 4) is 0 Å². The SMILES string of the molecule is CC.CC.CC.CCn1cnc2cncnc21.Cc1cnc2c3ccccc3c3ccccc3c2n1.Cc1ncc2c3ccccc3c3ccccc3c2n1.Cc1ncc2oc3ccccc3c2n1.c1ccc2c(c1)c1ccccc1c1nccnc21.c1ccc2c(c1)c1ccccc1c1ncncc21.c1ccc2c(c1)oc1cncnc12. The second-order valence-electron chi connectivity index (χ2n) is 26.6. The van der Waals surface area contributed by atoms with Gasteiger partial charge in [-0.15, -0.1) is 0 Å². The maximum absolute atomic E-state index is 5.58. The van der Waals surface area contributed by atoms with Gasteiger partial charge in [-0.1, -0.05) is 260 Å². The average molecular weight is 1540 g/mol. The van der Waals surface area contributed by atoms with Crippen molar-refractivity contribution in [1.82, 2.24) is 79.3 Å². The van der Waals surface area contributed by atoms with E-state index < -0.39 is 0 Å². The molecule has 0 aliphatic rings. The highest BCUT2D eigenvalue weighted by Gasteiger charge is 2.15. The maximum atomic E-state index is 5.58. The van der Waals surface area contributed by atoms with Gasteiger partial charge in [-0.3, -0.25) is 15.0 Å². The molecule has 14 aromatic carbocycles. The molecule has 0 N–H and O–H groups in total. The Morgan fingerprint density at radius 3 is 1.07 bits per heavy atom. The lowest BCUT2D eigenvalue weighted by atomic mass is 9.98. The van der Waals surface area contributed by atoms with Gasteiger partial charge < -0.3 is 13.4 Å². The molecule has 0 saturated heterocycles. The Balaban J connectivity index is 0.000000107. The fourth-order valence-corrected chi connectivity index (χ4v) is 14.8. The van der Waals surface area contributed by atoms with Crippen LogP contribution in [0.5, 0.6) is 0 Å². The van der Waals surface area contributed by atoms with Crippen molar-refractivity contribution in [2.75, 3.05) is 0 Å². The van der Waals surface area contributed by atoms with Gasteiger partial charge in [0.05, 0.1) is 63.7 Å². The van der Waals surface area contributed by atoms with Gasteiger partial charge in [0.25, 0.3) is 0 Å². The van der Waals surface area contributed by atoms with E-state index in [0.29, 0.717) is 0 Å². The quantitative estimate of drug-likeness (QED) is 0.139. The molecule has 0 fully saturated rings. The van der Waals surface area contributed by atoms with Gasteiger partial charge in [-0.2, -0.15) is 0 Å². The number of nitrogens with zero attached hydrogens (tertiary/aromatic N) is 16. The predicted molar refractivity (Wildman–Crippen MR) is 486 cm³/mol. The van der Waals surface area contributed by atoms with Crippen LogP contribution in [0.1, 0.15) is 65.8 Å². The molecule has 0 spiro atoms. The van der Waals surface area contributed by atoms with E-state index in [9.17, 15) is 0 Å². The Morgan fingerprint density at radius 1 is 0.246 bits per heavy atom. The minimum absolute atomic E-state index is 0.740. The van der Waals surface area contributed by atoms with E-state index >= 15 is 0 Å². The first-order valence-corrected chi connectivity index (χ1v) is 39.6. The van der Waals surface area contributed by atoms with Crippen molar-refractivity contribution in [3.63, 3.8) is 0 Å². The van der Waals surface area contributed by atoms with Crippen LogP contribution in [0.15, 0.2) is 326 Å². The number of aryl methyl sites for hydroxylation is 4. The molecule has 10 heterocycles. The van der Waals surface area contributed by atoms with Gasteiger partial charge in [0.2, 0.25) is 0 Å². The molecule has 0 atom stereocenters. The summed E-state index contributed by atoms with van der Waals surface area (Å²) in [5.41, 5.74) is 13.7. The molecule has 24 aromatic rings. The lowest BCUT2D eigenvalue weighted by molar-refractivity contribution is 0.665. The second-order valence-corrected chi connectivity index (χ2v) is 26.6. The smallest absolute Gasteiger partial charge is 0.172 e. The van der Waals surface area contributed by atoms with Crippen LogP contribution in [0.3, 0.4) is 0 Å². The average Bonchev–Trinajstić information content (AvgIpc) is 1.50. The van der Waals surface area contributed by atoms with Crippen molar-refractivity contribution < 1.29 is 8.83 Å². The third-order valence-corrected chi connectivity index (χ3v) is 19.8. The molecule has 0 unspecified atom stereocenters. The number of benzene rings is 14. The summed E-state index contributed by atoms with van der Waals surface area (Å²) in [4.78, 5) is 64.5. The Labute approximate surface area is 680 Å². The lowest BCUT2D eigenvalue weighted by Gasteiger charge is -2.09. The van der Waals surface area contributed by atoms with E-state index in [-0.39, 0.29) is 0 Å². The van der Waals surface area contributed by atoms with Crippen LogP contribution in [-0.2, 0) is 6.54 Å². The summed E-state index contributed by atoms with van der Waals surface area (Å²) in [5.74, 6) is 1.58. The molecule has 0 amide bonds. The molecular weight excluding hydrogens is 1460 g/mol. The van der Waals surface area contributed by atoms with E-state index in [0.717, 1.165) is 123 Å². The van der Waals surface area contributed by atoms with Gasteiger partial charge in [-0.25, -0.2) is 59.8 Å². The van der Waals surface area contributed by atoms with E-state index in [1.807, 2.05) is 146 Å². The van der Waals surface area contributed by atoms with E-state index in [1.54, 1.807) is 43.6 Å². The van der Waals surface area contributed by atoms with Crippen LogP contribution in [0.4, 0.5) is 0 Å². The largest absolute Gasteiger partial charge is 0.453 e. The van der Waals surface area contributed by atoms with Crippen molar-refractivity contribution in [3.05, 3.63) is 335 Å². The molecule has 118 heavy (non-hydrogen) atoms. The monoisotopic (exact) mass is 1540 g/mol. The highest BCUT2D eigenvalue weighted by Crippen LogP contribution is 2.38. The normalized spacial score (nSPS) is 10.8. The van der Waals surface area contributed by atoms with E-state index in [4.69, 9.17) is 13.8 Å². The summed E-state index contributed by atoms with van der Waals surface area (Å²) in [5, 5.41) is 23.8. The fraction of sp³-hybridized carbons (Fsp3) is 0.110. The zero-order valence-electron chi connectivity index (χ0n) is 67.2. The number of hydrogen-bond donors (Lipinski definition) is 0. The Hall–Kier alpha value is -15.2. The number of fused-ring (bicyclic) bond motifs is 31. The molecule has 0 saturated carbocycles.